The molecule has 1 amide bonds. The van der Waals surface area contributed by atoms with E-state index in [0.29, 0.717) is 0 Å². The summed E-state index contributed by atoms with van der Waals surface area (Å²) in [5.41, 5.74) is 0.828. The van der Waals surface area contributed by atoms with Gasteiger partial charge in [0.05, 0.1) is 6.04 Å². The van der Waals surface area contributed by atoms with Crippen LogP contribution in [-0.4, -0.2) is 18.9 Å². The SMILES string of the molecule is CC(NC(=O)OCC(F)(F)F)c1ccsc1. The van der Waals surface area contributed by atoms with Gasteiger partial charge in [0.25, 0.3) is 0 Å². The monoisotopic (exact) mass is 253 g/mol. The van der Waals surface area contributed by atoms with Gasteiger partial charge in [0, 0.05) is 0 Å². The number of alkyl halides is 3. The van der Waals surface area contributed by atoms with Gasteiger partial charge in [0.1, 0.15) is 0 Å². The molecule has 1 aromatic rings. The average molecular weight is 253 g/mol. The lowest BCUT2D eigenvalue weighted by atomic mass is 10.2. The van der Waals surface area contributed by atoms with Crippen molar-refractivity contribution in [3.8, 4) is 0 Å². The van der Waals surface area contributed by atoms with E-state index in [1.165, 1.54) is 11.3 Å². The van der Waals surface area contributed by atoms with E-state index >= 15 is 0 Å². The molecule has 0 saturated carbocycles. The van der Waals surface area contributed by atoms with E-state index in [9.17, 15) is 18.0 Å². The maximum Gasteiger partial charge on any atom is 0.422 e. The second kappa shape index (κ2) is 5.20. The van der Waals surface area contributed by atoms with Gasteiger partial charge in [0.15, 0.2) is 6.61 Å². The molecule has 0 fully saturated rings. The van der Waals surface area contributed by atoms with Crippen molar-refractivity contribution >= 4 is 17.4 Å². The summed E-state index contributed by atoms with van der Waals surface area (Å²) in [6.07, 6.45) is -5.57. The molecule has 7 heteroatoms. The molecular weight excluding hydrogens is 243 g/mol. The molecule has 16 heavy (non-hydrogen) atoms. The molecule has 0 radical (unpaired) electrons. The number of carbonyl (C=O) groups excluding carboxylic acids is 1. The molecule has 0 aliphatic heterocycles. The summed E-state index contributed by atoms with van der Waals surface area (Å²) in [7, 11) is 0. The van der Waals surface area contributed by atoms with Crippen molar-refractivity contribution in [1.82, 2.24) is 5.32 Å². The molecule has 1 rings (SSSR count). The van der Waals surface area contributed by atoms with E-state index in [1.807, 2.05) is 5.38 Å². The molecule has 90 valence electrons. The zero-order chi connectivity index (χ0) is 12.2. The molecule has 0 bridgehead atoms. The first-order valence-corrected chi connectivity index (χ1v) is 5.35. The minimum absolute atomic E-state index is 0.369. The van der Waals surface area contributed by atoms with Gasteiger partial charge < -0.3 is 10.1 Å². The molecular formula is C9H10F3NO2S. The Labute approximate surface area is 94.2 Å². The third kappa shape index (κ3) is 4.52. The highest BCUT2D eigenvalue weighted by atomic mass is 32.1. The van der Waals surface area contributed by atoms with Crippen LogP contribution in [0.25, 0.3) is 0 Å². The van der Waals surface area contributed by atoms with Crippen molar-refractivity contribution in [3.05, 3.63) is 22.4 Å². The molecule has 1 atom stereocenters. The molecule has 0 saturated heterocycles. The van der Waals surface area contributed by atoms with Crippen LogP contribution >= 0.6 is 11.3 Å². The van der Waals surface area contributed by atoms with Crippen molar-refractivity contribution in [2.75, 3.05) is 6.61 Å². The largest absolute Gasteiger partial charge is 0.440 e. The van der Waals surface area contributed by atoms with Crippen LogP contribution in [0.1, 0.15) is 18.5 Å². The van der Waals surface area contributed by atoms with E-state index in [2.05, 4.69) is 10.1 Å². The van der Waals surface area contributed by atoms with Gasteiger partial charge in [-0.3, -0.25) is 0 Å². The Morgan fingerprint density at radius 2 is 2.31 bits per heavy atom. The predicted octanol–water partition coefficient (Wildman–Crippen LogP) is 3.10. The van der Waals surface area contributed by atoms with Crippen molar-refractivity contribution < 1.29 is 22.7 Å². The Morgan fingerprint density at radius 3 is 2.81 bits per heavy atom. The second-order valence-electron chi connectivity index (χ2n) is 3.11. The van der Waals surface area contributed by atoms with Gasteiger partial charge in [0.2, 0.25) is 0 Å². The van der Waals surface area contributed by atoms with E-state index in [1.54, 1.807) is 18.4 Å². The smallest absolute Gasteiger partial charge is 0.422 e. The summed E-state index contributed by atoms with van der Waals surface area (Å²) >= 11 is 1.44. The summed E-state index contributed by atoms with van der Waals surface area (Å²) in [6, 6.07) is 1.41. The maximum absolute atomic E-state index is 11.7. The van der Waals surface area contributed by atoms with E-state index in [-0.39, 0.29) is 6.04 Å². The summed E-state index contributed by atoms with van der Waals surface area (Å²) < 4.78 is 39.2. The highest BCUT2D eigenvalue weighted by molar-refractivity contribution is 7.07. The van der Waals surface area contributed by atoms with Gasteiger partial charge in [-0.05, 0) is 29.3 Å². The molecule has 1 heterocycles. The molecule has 1 aromatic heterocycles. The summed E-state index contributed by atoms with van der Waals surface area (Å²) in [4.78, 5) is 11.0. The van der Waals surface area contributed by atoms with E-state index in [0.717, 1.165) is 5.56 Å². The number of hydrogen-bond acceptors (Lipinski definition) is 3. The first-order valence-electron chi connectivity index (χ1n) is 4.40. The van der Waals surface area contributed by atoms with Crippen LogP contribution in [0.3, 0.4) is 0 Å². The molecule has 3 nitrogen and oxygen atoms in total. The van der Waals surface area contributed by atoms with Crippen LogP contribution in [0.4, 0.5) is 18.0 Å². The van der Waals surface area contributed by atoms with Crippen molar-refractivity contribution in [3.63, 3.8) is 0 Å². The quantitative estimate of drug-likeness (QED) is 0.898. The topological polar surface area (TPSA) is 38.3 Å². The number of nitrogens with one attached hydrogen (secondary N) is 1. The number of carbonyl (C=O) groups is 1. The number of ether oxygens (including phenoxy) is 1. The minimum atomic E-state index is -4.50. The normalized spacial score (nSPS) is 13.2. The maximum atomic E-state index is 11.7. The number of alkyl carbamates (subject to hydrolysis) is 1. The molecule has 0 aliphatic rings. The minimum Gasteiger partial charge on any atom is -0.440 e. The third-order valence-corrected chi connectivity index (χ3v) is 2.45. The lowest BCUT2D eigenvalue weighted by Gasteiger charge is -2.13. The van der Waals surface area contributed by atoms with Crippen LogP contribution < -0.4 is 5.32 Å². The molecule has 0 aromatic carbocycles. The van der Waals surface area contributed by atoms with Gasteiger partial charge in [-0.25, -0.2) is 4.79 Å². The van der Waals surface area contributed by atoms with Crippen LogP contribution in [0, 0.1) is 0 Å². The first kappa shape index (κ1) is 12.8. The molecule has 0 spiro atoms. The Balaban J connectivity index is 2.35. The zero-order valence-corrected chi connectivity index (χ0v) is 9.19. The van der Waals surface area contributed by atoms with Crippen LogP contribution in [0.5, 0.6) is 0 Å². The first-order chi connectivity index (χ1) is 7.38. The second-order valence-corrected chi connectivity index (χ2v) is 3.89. The van der Waals surface area contributed by atoms with Crippen LogP contribution in [-0.2, 0) is 4.74 Å². The summed E-state index contributed by atoms with van der Waals surface area (Å²) in [5, 5.41) is 5.91. The average Bonchev–Trinajstić information content (AvgIpc) is 2.66. The fourth-order valence-corrected chi connectivity index (χ4v) is 1.72. The Bertz CT molecular complexity index is 337. The summed E-state index contributed by atoms with van der Waals surface area (Å²) in [5.74, 6) is 0. The van der Waals surface area contributed by atoms with Gasteiger partial charge in [-0.2, -0.15) is 24.5 Å². The fourth-order valence-electron chi connectivity index (χ4n) is 0.971. The van der Waals surface area contributed by atoms with Crippen molar-refractivity contribution in [2.24, 2.45) is 0 Å². The number of rotatable bonds is 3. The van der Waals surface area contributed by atoms with Crippen LogP contribution in [0.2, 0.25) is 0 Å². The van der Waals surface area contributed by atoms with Gasteiger partial charge in [-0.1, -0.05) is 0 Å². The molecule has 1 N–H and O–H groups in total. The number of halogens is 3. The number of amides is 1. The lowest BCUT2D eigenvalue weighted by Crippen LogP contribution is -2.30. The van der Waals surface area contributed by atoms with Crippen molar-refractivity contribution in [2.45, 2.75) is 19.1 Å². The van der Waals surface area contributed by atoms with E-state index < -0.39 is 18.9 Å². The highest BCUT2D eigenvalue weighted by Crippen LogP contribution is 2.17. The highest BCUT2D eigenvalue weighted by Gasteiger charge is 2.29. The van der Waals surface area contributed by atoms with Gasteiger partial charge in [-0.15, -0.1) is 0 Å². The van der Waals surface area contributed by atoms with Gasteiger partial charge >= 0.3 is 12.3 Å². The van der Waals surface area contributed by atoms with Crippen LogP contribution in [0.15, 0.2) is 16.8 Å². The Kier molecular flexibility index (Phi) is 4.17. The summed E-state index contributed by atoms with van der Waals surface area (Å²) in [6.45, 7) is 0.0894. The molecule has 0 aliphatic carbocycles. The number of thiophene rings is 1. The zero-order valence-electron chi connectivity index (χ0n) is 8.38. The van der Waals surface area contributed by atoms with Crippen molar-refractivity contribution in [1.29, 1.82) is 0 Å². The Morgan fingerprint density at radius 1 is 1.62 bits per heavy atom. The third-order valence-electron chi connectivity index (χ3n) is 1.74. The molecule has 1 unspecified atom stereocenters. The Hall–Kier alpha value is -1.24. The lowest BCUT2D eigenvalue weighted by molar-refractivity contribution is -0.160. The fraction of sp³-hybridized carbons (Fsp3) is 0.444. The number of hydrogen-bond donors (Lipinski definition) is 1. The standard InChI is InChI=1S/C9H10F3NO2S/c1-6(7-2-3-16-4-7)13-8(14)15-5-9(10,11)12/h2-4,6H,5H2,1H3,(H,13,14). The van der Waals surface area contributed by atoms with E-state index in [4.69, 9.17) is 0 Å². The predicted molar refractivity (Wildman–Crippen MR) is 53.3 cm³/mol.